The van der Waals surface area contributed by atoms with Crippen LogP contribution in [0.4, 0.5) is 0 Å². The van der Waals surface area contributed by atoms with E-state index in [-0.39, 0.29) is 23.1 Å². The second-order valence-corrected chi connectivity index (χ2v) is 6.06. The summed E-state index contributed by atoms with van der Waals surface area (Å²) < 4.78 is 12.4. The number of unbranched alkanes of at least 4 members (excludes halogenated alkanes) is 1. The van der Waals surface area contributed by atoms with Gasteiger partial charge in [0.2, 0.25) is 0 Å². The van der Waals surface area contributed by atoms with Gasteiger partial charge in [0, 0.05) is 4.43 Å². The molecule has 0 amide bonds. The quantitative estimate of drug-likeness (QED) is 0.419. The molecule has 1 aliphatic carbocycles. The SMILES string of the molecule is CCCCC1OC2(CI)CC1(C(=O)OCC)C2. The zero-order chi connectivity index (χ0) is 12.5. The van der Waals surface area contributed by atoms with E-state index in [0.29, 0.717) is 6.61 Å². The number of ether oxygens (including phenoxy) is 2. The third-order valence-corrected chi connectivity index (χ3v) is 5.42. The minimum atomic E-state index is -0.309. The predicted octanol–water partition coefficient (Wildman–Crippen LogP) is 3.09. The second kappa shape index (κ2) is 5.03. The number of esters is 1. The Labute approximate surface area is 117 Å². The Bertz CT molecular complexity index is 297. The molecule has 2 bridgehead atoms. The highest BCUT2D eigenvalue weighted by Crippen LogP contribution is 2.63. The molecule has 98 valence electrons. The fourth-order valence-electron chi connectivity index (χ4n) is 3.22. The van der Waals surface area contributed by atoms with Crippen LogP contribution in [0.25, 0.3) is 0 Å². The first kappa shape index (κ1) is 13.6. The van der Waals surface area contributed by atoms with Gasteiger partial charge in [-0.1, -0.05) is 42.4 Å². The number of halogens is 1. The van der Waals surface area contributed by atoms with Crippen LogP contribution in [0.1, 0.15) is 46.0 Å². The van der Waals surface area contributed by atoms with Crippen LogP contribution in [0, 0.1) is 5.41 Å². The van der Waals surface area contributed by atoms with Crippen molar-refractivity contribution in [1.29, 1.82) is 0 Å². The Hall–Kier alpha value is 0.160. The van der Waals surface area contributed by atoms with E-state index in [9.17, 15) is 4.79 Å². The summed E-state index contributed by atoms with van der Waals surface area (Å²) in [6.07, 6.45) is 5.11. The highest BCUT2D eigenvalue weighted by molar-refractivity contribution is 14.1. The van der Waals surface area contributed by atoms with Gasteiger partial charge in [-0.25, -0.2) is 0 Å². The molecule has 0 N–H and O–H groups in total. The van der Waals surface area contributed by atoms with Gasteiger partial charge in [0.05, 0.1) is 23.7 Å². The number of alkyl halides is 1. The molecular weight excluding hydrogens is 331 g/mol. The van der Waals surface area contributed by atoms with Gasteiger partial charge < -0.3 is 9.47 Å². The van der Waals surface area contributed by atoms with E-state index in [2.05, 4.69) is 29.5 Å². The zero-order valence-corrected chi connectivity index (χ0v) is 12.8. The van der Waals surface area contributed by atoms with Gasteiger partial charge in [0.25, 0.3) is 0 Å². The molecule has 4 heteroatoms. The van der Waals surface area contributed by atoms with E-state index in [1.54, 1.807) is 0 Å². The van der Waals surface area contributed by atoms with Crippen LogP contribution in [0.15, 0.2) is 0 Å². The van der Waals surface area contributed by atoms with Gasteiger partial charge in [-0.3, -0.25) is 4.79 Å². The van der Waals surface area contributed by atoms with Gasteiger partial charge in [0.15, 0.2) is 0 Å². The van der Waals surface area contributed by atoms with Crippen molar-refractivity contribution in [3.8, 4) is 0 Å². The summed E-state index contributed by atoms with van der Waals surface area (Å²) in [7, 11) is 0. The number of fused-ring (bicyclic) bond motifs is 1. The molecule has 2 heterocycles. The first-order valence-corrected chi connectivity index (χ1v) is 8.06. The molecule has 1 saturated carbocycles. The molecule has 3 fully saturated rings. The first-order chi connectivity index (χ1) is 8.12. The molecule has 2 saturated heterocycles. The predicted molar refractivity (Wildman–Crippen MR) is 74.3 cm³/mol. The van der Waals surface area contributed by atoms with Crippen LogP contribution in [0.5, 0.6) is 0 Å². The monoisotopic (exact) mass is 352 g/mol. The van der Waals surface area contributed by atoms with Crippen LogP contribution >= 0.6 is 22.6 Å². The lowest BCUT2D eigenvalue weighted by molar-refractivity contribution is -0.161. The van der Waals surface area contributed by atoms with Crippen LogP contribution < -0.4 is 0 Å². The molecule has 0 aromatic rings. The molecule has 1 atom stereocenters. The molecule has 3 rings (SSSR count). The second-order valence-electron chi connectivity index (χ2n) is 5.30. The van der Waals surface area contributed by atoms with Gasteiger partial charge in [-0.15, -0.1) is 0 Å². The topological polar surface area (TPSA) is 35.5 Å². The van der Waals surface area contributed by atoms with Crippen LogP contribution in [0.3, 0.4) is 0 Å². The highest BCUT2D eigenvalue weighted by atomic mass is 127. The van der Waals surface area contributed by atoms with Gasteiger partial charge in [0.1, 0.15) is 0 Å². The molecule has 2 aliphatic heterocycles. The third-order valence-electron chi connectivity index (χ3n) is 4.03. The first-order valence-electron chi connectivity index (χ1n) is 6.53. The van der Waals surface area contributed by atoms with Crippen molar-refractivity contribution in [1.82, 2.24) is 0 Å². The van der Waals surface area contributed by atoms with Crippen LogP contribution in [-0.2, 0) is 14.3 Å². The van der Waals surface area contributed by atoms with Crippen LogP contribution in [0.2, 0.25) is 0 Å². The number of hydrogen-bond acceptors (Lipinski definition) is 3. The molecule has 3 nitrogen and oxygen atoms in total. The van der Waals surface area contributed by atoms with Crippen molar-refractivity contribution in [2.75, 3.05) is 11.0 Å². The maximum atomic E-state index is 12.1. The van der Waals surface area contributed by atoms with Crippen molar-refractivity contribution in [2.24, 2.45) is 5.41 Å². The summed E-state index contributed by atoms with van der Waals surface area (Å²) in [4.78, 5) is 12.1. The molecule has 0 aromatic heterocycles. The lowest BCUT2D eigenvalue weighted by Crippen LogP contribution is -2.51. The standard InChI is InChI=1S/C13H21IO3/c1-3-5-6-10-13(11(15)16-4-2)7-12(8-13,9-14)17-10/h10H,3-9H2,1-2H3. The molecule has 3 aliphatic rings. The summed E-state index contributed by atoms with van der Waals surface area (Å²) in [5.41, 5.74) is -0.331. The van der Waals surface area contributed by atoms with Crippen molar-refractivity contribution < 1.29 is 14.3 Å². The van der Waals surface area contributed by atoms with E-state index in [1.807, 2.05) is 6.92 Å². The smallest absolute Gasteiger partial charge is 0.314 e. The minimum Gasteiger partial charge on any atom is -0.465 e. The fourth-order valence-corrected chi connectivity index (χ4v) is 3.94. The Balaban J connectivity index is 2.07. The van der Waals surface area contributed by atoms with Gasteiger partial charge in [-0.2, -0.15) is 0 Å². The van der Waals surface area contributed by atoms with E-state index >= 15 is 0 Å². The number of carbonyl (C=O) groups excluding carboxylic acids is 1. The van der Waals surface area contributed by atoms with Crippen molar-refractivity contribution in [2.45, 2.75) is 57.7 Å². The molecule has 1 unspecified atom stereocenters. The normalized spacial score (nSPS) is 38.9. The van der Waals surface area contributed by atoms with Gasteiger partial charge >= 0.3 is 5.97 Å². The van der Waals surface area contributed by atoms with E-state index in [0.717, 1.165) is 36.5 Å². The molecule has 0 radical (unpaired) electrons. The highest BCUT2D eigenvalue weighted by Gasteiger charge is 2.71. The molecule has 0 spiro atoms. The number of rotatable bonds is 6. The average Bonchev–Trinajstić information content (AvgIpc) is 2.76. The van der Waals surface area contributed by atoms with Crippen LogP contribution in [-0.4, -0.2) is 28.7 Å². The summed E-state index contributed by atoms with van der Waals surface area (Å²) >= 11 is 2.37. The molecular formula is C13H21IO3. The maximum Gasteiger partial charge on any atom is 0.314 e. The van der Waals surface area contributed by atoms with E-state index in [4.69, 9.17) is 9.47 Å². The minimum absolute atomic E-state index is 0.0221. The maximum absolute atomic E-state index is 12.1. The van der Waals surface area contributed by atoms with Gasteiger partial charge in [-0.05, 0) is 26.2 Å². The Kier molecular flexibility index (Phi) is 4.02. The third kappa shape index (κ3) is 2.11. The summed E-state index contributed by atoms with van der Waals surface area (Å²) in [5, 5.41) is 0. The number of carbonyl (C=O) groups is 1. The Morgan fingerprint density at radius 1 is 1.47 bits per heavy atom. The summed E-state index contributed by atoms with van der Waals surface area (Å²) in [5.74, 6) is -0.0286. The lowest BCUT2D eigenvalue weighted by atomic mass is 9.60. The van der Waals surface area contributed by atoms with E-state index < -0.39 is 0 Å². The van der Waals surface area contributed by atoms with Crippen molar-refractivity contribution >= 4 is 28.6 Å². The summed E-state index contributed by atoms with van der Waals surface area (Å²) in [6.45, 7) is 4.51. The molecule has 0 aromatic carbocycles. The van der Waals surface area contributed by atoms with Crippen molar-refractivity contribution in [3.63, 3.8) is 0 Å². The van der Waals surface area contributed by atoms with Crippen molar-refractivity contribution in [3.05, 3.63) is 0 Å². The number of hydrogen-bond donors (Lipinski definition) is 0. The molecule has 17 heavy (non-hydrogen) atoms. The Morgan fingerprint density at radius 2 is 2.18 bits per heavy atom. The largest absolute Gasteiger partial charge is 0.465 e. The van der Waals surface area contributed by atoms with E-state index in [1.165, 1.54) is 0 Å². The summed E-state index contributed by atoms with van der Waals surface area (Å²) in [6, 6.07) is 0. The lowest BCUT2D eigenvalue weighted by Gasteiger charge is -2.42. The average molecular weight is 352 g/mol. The fraction of sp³-hybridized carbons (Fsp3) is 0.923. The zero-order valence-electron chi connectivity index (χ0n) is 10.6. The Morgan fingerprint density at radius 3 is 2.71 bits per heavy atom.